The zero-order valence-corrected chi connectivity index (χ0v) is 16.7. The summed E-state index contributed by atoms with van der Waals surface area (Å²) in [6.07, 6.45) is 7.34. The normalized spacial score (nSPS) is 13.8. The third-order valence-electron chi connectivity index (χ3n) is 4.37. The van der Waals surface area contributed by atoms with Crippen molar-refractivity contribution in [3.05, 3.63) is 89.5 Å². The molecule has 1 aliphatic rings. The highest BCUT2D eigenvalue weighted by Gasteiger charge is 2.16. The molecule has 0 saturated carbocycles. The number of anilines is 1. The number of nitrogens with zero attached hydrogens (tertiary/aromatic N) is 3. The number of nitrogen functional groups attached to an aromatic ring is 1. The largest absolute Gasteiger partial charge is 0.463 e. The monoisotopic (exact) mass is 404 g/mol. The van der Waals surface area contributed by atoms with E-state index < -0.39 is 0 Å². The molecule has 4 rings (SSSR count). The molecule has 2 aromatic carbocycles. The van der Waals surface area contributed by atoms with E-state index in [-0.39, 0.29) is 5.97 Å². The quantitative estimate of drug-likeness (QED) is 0.390. The summed E-state index contributed by atoms with van der Waals surface area (Å²) >= 11 is 1.50. The smallest absolute Gasteiger partial charge is 0.331 e. The minimum absolute atomic E-state index is 0.325. The summed E-state index contributed by atoms with van der Waals surface area (Å²) in [5.41, 5.74) is 10.4. The first-order valence-electron chi connectivity index (χ1n) is 9.19. The summed E-state index contributed by atoms with van der Waals surface area (Å²) in [5.74, 6) is 0.0133. The van der Waals surface area contributed by atoms with Gasteiger partial charge in [0.15, 0.2) is 0 Å². The molecule has 29 heavy (non-hydrogen) atoms. The van der Waals surface area contributed by atoms with Gasteiger partial charge in [-0.2, -0.15) is 0 Å². The average molecular weight is 404 g/mol. The molecule has 0 unspecified atom stereocenters. The fourth-order valence-electron chi connectivity index (χ4n) is 3.12. The van der Waals surface area contributed by atoms with Gasteiger partial charge < -0.3 is 10.5 Å². The molecule has 0 spiro atoms. The van der Waals surface area contributed by atoms with Crippen molar-refractivity contribution in [3.63, 3.8) is 0 Å². The highest BCUT2D eigenvalue weighted by Crippen LogP contribution is 2.30. The van der Waals surface area contributed by atoms with Crippen LogP contribution in [0.25, 0.3) is 16.6 Å². The minimum atomic E-state index is -0.376. The second-order valence-corrected chi connectivity index (χ2v) is 7.10. The molecule has 0 fully saturated rings. The fraction of sp³-hybridized carbons (Fsp3) is 0.0909. The fourth-order valence-corrected chi connectivity index (χ4v) is 3.82. The van der Waals surface area contributed by atoms with E-state index in [0.29, 0.717) is 12.6 Å². The Balaban J connectivity index is 1.85. The van der Waals surface area contributed by atoms with Gasteiger partial charge in [-0.05, 0) is 47.2 Å². The first-order valence-corrected chi connectivity index (χ1v) is 10.0. The van der Waals surface area contributed by atoms with Gasteiger partial charge in [-0.1, -0.05) is 42.5 Å². The number of allylic oxidation sites excluding steroid dienone is 2. The van der Waals surface area contributed by atoms with E-state index in [0.717, 1.165) is 27.7 Å². The summed E-state index contributed by atoms with van der Waals surface area (Å²) in [7, 11) is 0. The molecule has 6 nitrogen and oxygen atoms in total. The molecular weight excluding hydrogens is 384 g/mol. The molecule has 3 aromatic rings. The van der Waals surface area contributed by atoms with Gasteiger partial charge in [-0.3, -0.25) is 0 Å². The van der Waals surface area contributed by atoms with Gasteiger partial charge in [0.1, 0.15) is 0 Å². The van der Waals surface area contributed by atoms with Crippen LogP contribution in [0.2, 0.25) is 0 Å². The number of carbonyl (C=O) groups excluding carboxylic acids is 1. The van der Waals surface area contributed by atoms with Crippen LogP contribution in [0.15, 0.2) is 78.4 Å². The van der Waals surface area contributed by atoms with Crippen LogP contribution in [-0.2, 0) is 9.53 Å². The van der Waals surface area contributed by atoms with Crippen LogP contribution < -0.4 is 10.1 Å². The summed E-state index contributed by atoms with van der Waals surface area (Å²) in [6.45, 7) is 2.12. The van der Waals surface area contributed by atoms with Gasteiger partial charge in [0.2, 0.25) is 5.95 Å². The molecule has 0 bridgehead atoms. The molecule has 1 aromatic heterocycles. The predicted molar refractivity (Wildman–Crippen MR) is 118 cm³/mol. The van der Waals surface area contributed by atoms with Crippen LogP contribution >= 0.6 is 11.9 Å². The van der Waals surface area contributed by atoms with Gasteiger partial charge in [0.05, 0.1) is 17.6 Å². The van der Waals surface area contributed by atoms with Crippen molar-refractivity contribution in [1.29, 1.82) is 0 Å². The Bertz CT molecular complexity index is 1130. The first kappa shape index (κ1) is 18.9. The number of carbonyl (C=O) groups is 1. The topological polar surface area (TPSA) is 73.4 Å². The lowest BCUT2D eigenvalue weighted by molar-refractivity contribution is -0.137. The molecule has 0 radical (unpaired) electrons. The summed E-state index contributed by atoms with van der Waals surface area (Å²) < 4.78 is 8.90. The van der Waals surface area contributed by atoms with Crippen molar-refractivity contribution in [3.8, 4) is 0 Å². The maximum Gasteiger partial charge on any atom is 0.331 e. The highest BCUT2D eigenvalue weighted by molar-refractivity contribution is 8.03. The van der Waals surface area contributed by atoms with Crippen molar-refractivity contribution in [1.82, 2.24) is 9.66 Å². The lowest BCUT2D eigenvalue weighted by Crippen LogP contribution is -2.23. The third kappa shape index (κ3) is 3.90. The number of rotatable bonds is 5. The number of esters is 1. The van der Waals surface area contributed by atoms with Gasteiger partial charge >= 0.3 is 5.97 Å². The minimum Gasteiger partial charge on any atom is -0.463 e. The number of hydrogen-bond donors (Lipinski definition) is 1. The Morgan fingerprint density at radius 3 is 2.72 bits per heavy atom. The van der Waals surface area contributed by atoms with Crippen molar-refractivity contribution < 1.29 is 9.53 Å². The zero-order valence-electron chi connectivity index (χ0n) is 15.9. The average Bonchev–Trinajstić information content (AvgIpc) is 3.08. The van der Waals surface area contributed by atoms with E-state index in [9.17, 15) is 4.79 Å². The zero-order chi connectivity index (χ0) is 20.2. The molecule has 0 atom stereocenters. The number of benzene rings is 2. The second kappa shape index (κ2) is 8.28. The highest BCUT2D eigenvalue weighted by atomic mass is 32.2. The van der Waals surface area contributed by atoms with E-state index in [1.807, 2.05) is 81.4 Å². The SMILES string of the molecule is CCOC(=O)C=C(c1ccccc1)c1ccc2nc(N)n(N3C=CC=CS3)c2c1. The van der Waals surface area contributed by atoms with E-state index >= 15 is 0 Å². The van der Waals surface area contributed by atoms with Crippen LogP contribution in [0, 0.1) is 0 Å². The van der Waals surface area contributed by atoms with Crippen molar-refractivity contribution in [2.24, 2.45) is 0 Å². The maximum atomic E-state index is 12.2. The van der Waals surface area contributed by atoms with Crippen LogP contribution in [0.5, 0.6) is 0 Å². The number of nitrogens with two attached hydrogens (primary N) is 1. The van der Waals surface area contributed by atoms with Gasteiger partial charge in [0.25, 0.3) is 0 Å². The molecular formula is C22H20N4O2S. The number of imidazole rings is 1. The van der Waals surface area contributed by atoms with Crippen molar-refractivity contribution >= 4 is 40.5 Å². The van der Waals surface area contributed by atoms with Gasteiger partial charge in [-0.15, -0.1) is 0 Å². The Morgan fingerprint density at radius 2 is 2.00 bits per heavy atom. The molecule has 0 saturated heterocycles. The first-order chi connectivity index (χ1) is 14.2. The molecule has 7 heteroatoms. The summed E-state index contributed by atoms with van der Waals surface area (Å²) in [4.78, 5) is 16.7. The number of hydrogen-bond acceptors (Lipinski definition) is 6. The van der Waals surface area contributed by atoms with E-state index in [1.165, 1.54) is 18.0 Å². The van der Waals surface area contributed by atoms with E-state index in [2.05, 4.69) is 4.98 Å². The third-order valence-corrected chi connectivity index (χ3v) is 5.15. The molecule has 1 aliphatic heterocycles. The molecule has 0 amide bonds. The van der Waals surface area contributed by atoms with Gasteiger partial charge in [-0.25, -0.2) is 18.9 Å². The summed E-state index contributed by atoms with van der Waals surface area (Å²) in [5, 5.41) is 1.96. The van der Waals surface area contributed by atoms with Crippen LogP contribution in [-0.4, -0.2) is 22.2 Å². The molecule has 146 valence electrons. The van der Waals surface area contributed by atoms with Crippen LogP contribution in [0.1, 0.15) is 18.1 Å². The number of fused-ring (bicyclic) bond motifs is 1. The maximum absolute atomic E-state index is 12.2. The van der Waals surface area contributed by atoms with Crippen molar-refractivity contribution in [2.45, 2.75) is 6.92 Å². The Hall–Kier alpha value is -3.45. The lowest BCUT2D eigenvalue weighted by atomic mass is 9.97. The van der Waals surface area contributed by atoms with E-state index in [1.54, 1.807) is 6.92 Å². The van der Waals surface area contributed by atoms with Crippen molar-refractivity contribution in [2.75, 3.05) is 16.8 Å². The molecule has 2 heterocycles. The standard InChI is InChI=1S/C22H20N4O2S/c1-2-28-21(27)15-18(16-8-4-3-5-9-16)17-10-11-19-20(14-17)26(22(23)24-19)25-12-6-7-13-29-25/h3-15H,2H2,1H3,(H2,23,24). The van der Waals surface area contributed by atoms with Gasteiger partial charge in [0, 0.05) is 24.2 Å². The van der Waals surface area contributed by atoms with E-state index in [4.69, 9.17) is 10.5 Å². The number of ether oxygens (including phenoxy) is 1. The Morgan fingerprint density at radius 1 is 1.17 bits per heavy atom. The Labute approximate surface area is 173 Å². The number of aromatic nitrogens is 2. The molecule has 2 N–H and O–H groups in total. The van der Waals surface area contributed by atoms with Crippen LogP contribution in [0.4, 0.5) is 5.95 Å². The second-order valence-electron chi connectivity index (χ2n) is 6.24. The molecule has 0 aliphatic carbocycles. The lowest BCUT2D eigenvalue weighted by Gasteiger charge is -2.21. The predicted octanol–water partition coefficient (Wildman–Crippen LogP) is 4.24. The summed E-state index contributed by atoms with van der Waals surface area (Å²) in [6, 6.07) is 15.6. The van der Waals surface area contributed by atoms with Crippen LogP contribution in [0.3, 0.4) is 0 Å². The Kier molecular flexibility index (Phi) is 5.39.